The molecule has 2 rings (SSSR count). The molecule has 22 heavy (non-hydrogen) atoms. The van der Waals surface area contributed by atoms with Crippen LogP contribution >= 0.6 is 0 Å². The summed E-state index contributed by atoms with van der Waals surface area (Å²) in [4.78, 5) is 25.2. The molecule has 0 saturated carbocycles. The minimum absolute atomic E-state index is 0.0218. The van der Waals surface area contributed by atoms with Gasteiger partial charge in [-0.05, 0) is 26.2 Å². The fourth-order valence-corrected chi connectivity index (χ4v) is 2.45. The molecule has 0 spiro atoms. The summed E-state index contributed by atoms with van der Waals surface area (Å²) in [5, 5.41) is 19.3. The first-order valence-electron chi connectivity index (χ1n) is 7.38. The highest BCUT2D eigenvalue weighted by Crippen LogP contribution is 2.17. The van der Waals surface area contributed by atoms with Crippen molar-refractivity contribution in [2.45, 2.75) is 38.8 Å². The zero-order valence-corrected chi connectivity index (χ0v) is 12.6. The van der Waals surface area contributed by atoms with Gasteiger partial charge in [-0.3, -0.25) is 10.1 Å². The van der Waals surface area contributed by atoms with Gasteiger partial charge in [-0.2, -0.15) is 0 Å². The van der Waals surface area contributed by atoms with E-state index in [1.807, 2.05) is 0 Å². The number of ether oxygens (including phenoxy) is 1. The lowest BCUT2D eigenvalue weighted by Crippen LogP contribution is -2.47. The van der Waals surface area contributed by atoms with Crippen LogP contribution in [0.4, 0.5) is 10.6 Å². The number of anilines is 1. The Morgan fingerprint density at radius 3 is 3.05 bits per heavy atom. The van der Waals surface area contributed by atoms with Crippen molar-refractivity contribution in [1.82, 2.24) is 19.9 Å². The lowest BCUT2D eigenvalue weighted by molar-refractivity contribution is -0.136. The molecule has 0 radical (unpaired) electrons. The molecule has 0 aliphatic carbocycles. The molecule has 0 bridgehead atoms. The number of carbonyl (C=O) groups is 2. The van der Waals surface area contributed by atoms with Crippen LogP contribution in [0.3, 0.4) is 0 Å². The van der Waals surface area contributed by atoms with Gasteiger partial charge >= 0.3 is 6.09 Å². The van der Waals surface area contributed by atoms with Crippen molar-refractivity contribution in [1.29, 1.82) is 0 Å². The molecule has 1 atom stereocenters. The molecule has 1 fully saturated rings. The molecule has 1 aliphatic heterocycles. The third-order valence-electron chi connectivity index (χ3n) is 3.50. The van der Waals surface area contributed by atoms with Crippen LogP contribution in [-0.2, 0) is 16.1 Å². The first-order valence-corrected chi connectivity index (χ1v) is 7.38. The topological polar surface area (TPSA) is 110 Å². The molecule has 2 heterocycles. The van der Waals surface area contributed by atoms with E-state index in [0.29, 0.717) is 6.54 Å². The highest BCUT2D eigenvalue weighted by molar-refractivity contribution is 5.83. The van der Waals surface area contributed by atoms with Gasteiger partial charge in [0.25, 0.3) is 0 Å². The number of hydrogen-bond donors (Lipinski definition) is 2. The van der Waals surface area contributed by atoms with Gasteiger partial charge in [0.1, 0.15) is 6.54 Å². The average Bonchev–Trinajstić information content (AvgIpc) is 2.94. The standard InChI is InChI=1S/C13H21N5O4/c1-2-22-13(21)14-11-7-17(16-15-11)8-12(20)18-6-4-3-5-10(18)9-19/h7,10,19H,2-6,8-9H2,1H3,(H,14,21). The average molecular weight is 311 g/mol. The number of aliphatic hydroxyl groups excluding tert-OH is 1. The van der Waals surface area contributed by atoms with Gasteiger partial charge in [-0.1, -0.05) is 5.21 Å². The fraction of sp³-hybridized carbons (Fsp3) is 0.692. The zero-order chi connectivity index (χ0) is 15.9. The van der Waals surface area contributed by atoms with Crippen LogP contribution < -0.4 is 5.32 Å². The number of amides is 2. The Morgan fingerprint density at radius 2 is 2.32 bits per heavy atom. The monoisotopic (exact) mass is 311 g/mol. The van der Waals surface area contributed by atoms with Gasteiger partial charge < -0.3 is 14.7 Å². The Balaban J connectivity index is 1.91. The molecule has 2 amide bonds. The van der Waals surface area contributed by atoms with Gasteiger partial charge in [-0.25, -0.2) is 9.48 Å². The molecule has 1 unspecified atom stereocenters. The lowest BCUT2D eigenvalue weighted by atomic mass is 10.0. The van der Waals surface area contributed by atoms with E-state index in [9.17, 15) is 14.7 Å². The number of hydrogen-bond acceptors (Lipinski definition) is 6. The Bertz CT molecular complexity index is 518. The second-order valence-electron chi connectivity index (χ2n) is 5.07. The number of piperidine rings is 1. The summed E-state index contributed by atoms with van der Waals surface area (Å²) in [6.07, 6.45) is 3.63. The highest BCUT2D eigenvalue weighted by atomic mass is 16.5. The van der Waals surface area contributed by atoms with Crippen molar-refractivity contribution >= 4 is 17.8 Å². The third-order valence-corrected chi connectivity index (χ3v) is 3.50. The van der Waals surface area contributed by atoms with Gasteiger partial charge in [0.2, 0.25) is 5.91 Å². The molecule has 9 nitrogen and oxygen atoms in total. The molecule has 122 valence electrons. The predicted molar refractivity (Wildman–Crippen MR) is 77.1 cm³/mol. The zero-order valence-electron chi connectivity index (χ0n) is 12.6. The Kier molecular flexibility index (Phi) is 5.70. The van der Waals surface area contributed by atoms with Crippen molar-refractivity contribution in [3.05, 3.63) is 6.20 Å². The van der Waals surface area contributed by atoms with Crippen LogP contribution in [0.2, 0.25) is 0 Å². The van der Waals surface area contributed by atoms with Crippen LogP contribution in [0.15, 0.2) is 6.20 Å². The van der Waals surface area contributed by atoms with E-state index < -0.39 is 6.09 Å². The Morgan fingerprint density at radius 1 is 1.50 bits per heavy atom. The SMILES string of the molecule is CCOC(=O)Nc1cn(CC(=O)N2CCCCC2CO)nn1. The summed E-state index contributed by atoms with van der Waals surface area (Å²) >= 11 is 0. The fourth-order valence-electron chi connectivity index (χ4n) is 2.45. The summed E-state index contributed by atoms with van der Waals surface area (Å²) < 4.78 is 6.08. The summed E-state index contributed by atoms with van der Waals surface area (Å²) in [6, 6.07) is -0.123. The maximum Gasteiger partial charge on any atom is 0.412 e. The smallest absolute Gasteiger partial charge is 0.412 e. The number of likely N-dealkylation sites (tertiary alicyclic amines) is 1. The highest BCUT2D eigenvalue weighted by Gasteiger charge is 2.26. The second kappa shape index (κ2) is 7.74. The molecule has 2 N–H and O–H groups in total. The third kappa shape index (κ3) is 4.17. The maximum absolute atomic E-state index is 12.3. The maximum atomic E-state index is 12.3. The van der Waals surface area contributed by atoms with Crippen molar-refractivity contribution < 1.29 is 19.4 Å². The molecular weight excluding hydrogens is 290 g/mol. The quantitative estimate of drug-likeness (QED) is 0.805. The number of rotatable bonds is 5. The van der Waals surface area contributed by atoms with E-state index in [4.69, 9.17) is 4.74 Å². The molecule has 9 heteroatoms. The largest absolute Gasteiger partial charge is 0.450 e. The van der Waals surface area contributed by atoms with Gasteiger partial charge in [0.15, 0.2) is 5.82 Å². The second-order valence-corrected chi connectivity index (χ2v) is 5.07. The van der Waals surface area contributed by atoms with E-state index >= 15 is 0 Å². The van der Waals surface area contributed by atoms with E-state index in [-0.39, 0.29) is 37.5 Å². The molecular formula is C13H21N5O4. The number of nitrogens with zero attached hydrogens (tertiary/aromatic N) is 4. The summed E-state index contributed by atoms with van der Waals surface area (Å²) in [7, 11) is 0. The first-order chi connectivity index (χ1) is 10.6. The van der Waals surface area contributed by atoms with E-state index in [2.05, 4.69) is 15.6 Å². The van der Waals surface area contributed by atoms with E-state index in [0.717, 1.165) is 19.3 Å². The summed E-state index contributed by atoms with van der Waals surface area (Å²) in [5.74, 6) is 0.106. The van der Waals surface area contributed by atoms with Crippen LogP contribution in [0.25, 0.3) is 0 Å². The van der Waals surface area contributed by atoms with E-state index in [1.165, 1.54) is 10.9 Å². The number of aromatic nitrogens is 3. The summed E-state index contributed by atoms with van der Waals surface area (Å²) in [6.45, 7) is 2.60. The normalized spacial score (nSPS) is 18.1. The Hall–Kier alpha value is -2.16. The van der Waals surface area contributed by atoms with Crippen molar-refractivity contribution in [3.8, 4) is 0 Å². The molecule has 1 aromatic heterocycles. The van der Waals surface area contributed by atoms with Crippen molar-refractivity contribution in [2.24, 2.45) is 0 Å². The van der Waals surface area contributed by atoms with Gasteiger partial charge in [0.05, 0.1) is 25.5 Å². The van der Waals surface area contributed by atoms with Gasteiger partial charge in [-0.15, -0.1) is 5.10 Å². The molecule has 1 aromatic rings. The minimum Gasteiger partial charge on any atom is -0.450 e. The minimum atomic E-state index is -0.614. The number of carbonyl (C=O) groups excluding carboxylic acids is 2. The van der Waals surface area contributed by atoms with Gasteiger partial charge in [0, 0.05) is 6.54 Å². The van der Waals surface area contributed by atoms with Crippen LogP contribution in [0, 0.1) is 0 Å². The Labute approximate surface area is 128 Å². The number of aliphatic hydroxyl groups is 1. The molecule has 1 aliphatic rings. The van der Waals surface area contributed by atoms with E-state index in [1.54, 1.807) is 11.8 Å². The van der Waals surface area contributed by atoms with Crippen LogP contribution in [0.5, 0.6) is 0 Å². The lowest BCUT2D eigenvalue weighted by Gasteiger charge is -2.34. The molecule has 0 aromatic carbocycles. The summed E-state index contributed by atoms with van der Waals surface area (Å²) in [5.41, 5.74) is 0. The predicted octanol–water partition coefficient (Wildman–Crippen LogP) is 0.220. The van der Waals surface area contributed by atoms with Crippen LogP contribution in [0.1, 0.15) is 26.2 Å². The molecule has 1 saturated heterocycles. The first kappa shape index (κ1) is 16.2. The van der Waals surface area contributed by atoms with Crippen LogP contribution in [-0.4, -0.2) is 62.8 Å². The van der Waals surface area contributed by atoms with Crippen molar-refractivity contribution in [3.63, 3.8) is 0 Å². The number of nitrogens with one attached hydrogen (secondary N) is 1. The van der Waals surface area contributed by atoms with Crippen molar-refractivity contribution in [2.75, 3.05) is 25.1 Å².